The van der Waals surface area contributed by atoms with E-state index >= 15 is 0 Å². The number of hydrogen-bond donors (Lipinski definition) is 1. The predicted octanol–water partition coefficient (Wildman–Crippen LogP) is 3.13. The van der Waals surface area contributed by atoms with Crippen molar-refractivity contribution in [1.29, 1.82) is 0 Å². The summed E-state index contributed by atoms with van der Waals surface area (Å²) in [6, 6.07) is 11.8. The van der Waals surface area contributed by atoms with E-state index in [1.807, 2.05) is 12.1 Å². The molecule has 31 heavy (non-hydrogen) atoms. The van der Waals surface area contributed by atoms with E-state index < -0.39 is 11.6 Å². The second-order valence-corrected chi connectivity index (χ2v) is 7.01. The predicted molar refractivity (Wildman–Crippen MR) is 109 cm³/mol. The van der Waals surface area contributed by atoms with E-state index in [9.17, 15) is 18.4 Å². The van der Waals surface area contributed by atoms with Gasteiger partial charge in [0.05, 0.1) is 12.2 Å². The molecule has 1 fully saturated rings. The minimum atomic E-state index is -0.952. The zero-order chi connectivity index (χ0) is 21.8. The van der Waals surface area contributed by atoms with Crippen LogP contribution in [0.1, 0.15) is 21.6 Å². The summed E-state index contributed by atoms with van der Waals surface area (Å²) in [4.78, 5) is 36.6. The van der Waals surface area contributed by atoms with E-state index in [0.717, 1.165) is 17.8 Å². The molecular weight excluding hydrogens is 404 g/mol. The highest BCUT2D eigenvalue weighted by Crippen LogP contribution is 2.21. The number of nitrogens with zero attached hydrogens (tertiary/aromatic N) is 4. The largest absolute Gasteiger partial charge is 0.346 e. The topological polar surface area (TPSA) is 78.4 Å². The van der Waals surface area contributed by atoms with Gasteiger partial charge in [-0.25, -0.2) is 18.6 Å². The minimum absolute atomic E-state index is 0.150. The Morgan fingerprint density at radius 2 is 1.87 bits per heavy atom. The number of nitrogens with one attached hydrogen (secondary N) is 1. The van der Waals surface area contributed by atoms with Gasteiger partial charge in [-0.15, -0.1) is 0 Å². The number of halogens is 2. The molecule has 1 saturated heterocycles. The highest BCUT2D eigenvalue weighted by atomic mass is 19.2. The zero-order valence-electron chi connectivity index (χ0n) is 16.5. The molecule has 4 rings (SSSR count). The molecule has 3 aromatic rings. The van der Waals surface area contributed by atoms with E-state index in [2.05, 4.69) is 15.3 Å². The maximum Gasteiger partial charge on any atom is 0.326 e. The molecule has 9 heteroatoms. The van der Waals surface area contributed by atoms with E-state index in [1.54, 1.807) is 24.4 Å². The van der Waals surface area contributed by atoms with Crippen molar-refractivity contribution in [3.05, 3.63) is 89.4 Å². The number of hydrogen-bond acceptors (Lipinski definition) is 4. The Balaban J connectivity index is 1.42. The number of carbonyl (C=O) groups is 2. The second kappa shape index (κ2) is 8.86. The van der Waals surface area contributed by atoms with Gasteiger partial charge in [-0.05, 0) is 42.0 Å². The Labute approximate surface area is 177 Å². The Bertz CT molecular complexity index is 1110. The van der Waals surface area contributed by atoms with Crippen molar-refractivity contribution < 1.29 is 18.4 Å². The molecule has 0 spiro atoms. The standard InChI is InChI=1S/C22H19F2N5O2/c23-18-5-4-15(11-19(18)24)14-28-9-10-29(22(28)31)20-12-16(6-8-26-20)21(30)27-13-17-3-1-2-7-25-17/h1-8,11-12H,9-10,13-14H2,(H,27,30). The first-order chi connectivity index (χ1) is 15.0. The summed E-state index contributed by atoms with van der Waals surface area (Å²) in [5.74, 6) is -1.84. The lowest BCUT2D eigenvalue weighted by atomic mass is 10.2. The van der Waals surface area contributed by atoms with Crippen LogP contribution in [0.4, 0.5) is 19.4 Å². The number of carbonyl (C=O) groups excluding carboxylic acids is 2. The van der Waals surface area contributed by atoms with Crippen molar-refractivity contribution in [3.8, 4) is 0 Å². The number of benzene rings is 1. The third-order valence-corrected chi connectivity index (χ3v) is 4.89. The lowest BCUT2D eigenvalue weighted by Gasteiger charge is -2.18. The molecule has 1 aromatic carbocycles. The lowest BCUT2D eigenvalue weighted by Crippen LogP contribution is -2.32. The van der Waals surface area contributed by atoms with Gasteiger partial charge < -0.3 is 10.2 Å². The number of rotatable bonds is 6. The van der Waals surface area contributed by atoms with Crippen LogP contribution in [-0.2, 0) is 13.1 Å². The van der Waals surface area contributed by atoms with Crippen molar-refractivity contribution >= 4 is 17.8 Å². The number of aromatic nitrogens is 2. The molecule has 0 saturated carbocycles. The van der Waals surface area contributed by atoms with Crippen LogP contribution in [0.25, 0.3) is 0 Å². The molecule has 3 amide bonds. The van der Waals surface area contributed by atoms with E-state index in [-0.39, 0.29) is 25.0 Å². The first kappa shape index (κ1) is 20.4. The van der Waals surface area contributed by atoms with Crippen LogP contribution in [0.15, 0.2) is 60.9 Å². The number of urea groups is 1. The number of anilines is 1. The zero-order valence-corrected chi connectivity index (χ0v) is 16.5. The summed E-state index contributed by atoms with van der Waals surface area (Å²) < 4.78 is 26.6. The van der Waals surface area contributed by atoms with Crippen LogP contribution in [0.2, 0.25) is 0 Å². The van der Waals surface area contributed by atoms with Crippen molar-refractivity contribution in [2.24, 2.45) is 0 Å². The van der Waals surface area contributed by atoms with Gasteiger partial charge >= 0.3 is 6.03 Å². The van der Waals surface area contributed by atoms with Gasteiger partial charge in [0, 0.05) is 37.6 Å². The van der Waals surface area contributed by atoms with Crippen molar-refractivity contribution in [2.75, 3.05) is 18.0 Å². The first-order valence-corrected chi connectivity index (χ1v) is 9.66. The molecule has 7 nitrogen and oxygen atoms in total. The Hall–Kier alpha value is -3.88. The highest BCUT2D eigenvalue weighted by molar-refractivity contribution is 5.97. The minimum Gasteiger partial charge on any atom is -0.346 e. The summed E-state index contributed by atoms with van der Waals surface area (Å²) in [5.41, 5.74) is 1.59. The van der Waals surface area contributed by atoms with Crippen LogP contribution in [0, 0.1) is 11.6 Å². The maximum absolute atomic E-state index is 13.4. The quantitative estimate of drug-likeness (QED) is 0.661. The van der Waals surface area contributed by atoms with Gasteiger partial charge in [0.15, 0.2) is 11.6 Å². The molecule has 0 unspecified atom stereocenters. The Morgan fingerprint density at radius 1 is 1.00 bits per heavy atom. The van der Waals surface area contributed by atoms with Crippen molar-refractivity contribution in [2.45, 2.75) is 13.1 Å². The molecule has 1 aliphatic rings. The molecule has 2 aromatic heterocycles. The first-order valence-electron chi connectivity index (χ1n) is 9.66. The van der Waals surface area contributed by atoms with E-state index in [1.165, 1.54) is 22.1 Å². The summed E-state index contributed by atoms with van der Waals surface area (Å²) in [6.45, 7) is 1.20. The van der Waals surface area contributed by atoms with Gasteiger partial charge in [0.25, 0.3) is 5.91 Å². The molecule has 1 aliphatic heterocycles. The monoisotopic (exact) mass is 423 g/mol. The molecule has 0 aliphatic carbocycles. The molecule has 0 radical (unpaired) electrons. The normalized spacial score (nSPS) is 13.5. The highest BCUT2D eigenvalue weighted by Gasteiger charge is 2.30. The summed E-state index contributed by atoms with van der Waals surface area (Å²) in [6.07, 6.45) is 3.12. The fourth-order valence-electron chi connectivity index (χ4n) is 3.28. The molecule has 0 bridgehead atoms. The van der Waals surface area contributed by atoms with Crippen LogP contribution in [-0.4, -0.2) is 39.9 Å². The summed E-state index contributed by atoms with van der Waals surface area (Å²) in [7, 11) is 0. The number of pyridine rings is 2. The fourth-order valence-corrected chi connectivity index (χ4v) is 3.28. The fraction of sp³-hybridized carbons (Fsp3) is 0.182. The Kier molecular flexibility index (Phi) is 5.83. The van der Waals surface area contributed by atoms with Gasteiger partial charge in [-0.1, -0.05) is 12.1 Å². The second-order valence-electron chi connectivity index (χ2n) is 7.01. The van der Waals surface area contributed by atoms with Crippen molar-refractivity contribution in [3.63, 3.8) is 0 Å². The molecule has 158 valence electrons. The van der Waals surface area contributed by atoms with Crippen LogP contribution in [0.5, 0.6) is 0 Å². The van der Waals surface area contributed by atoms with Crippen LogP contribution >= 0.6 is 0 Å². The van der Waals surface area contributed by atoms with Crippen LogP contribution < -0.4 is 10.2 Å². The van der Waals surface area contributed by atoms with E-state index in [4.69, 9.17) is 0 Å². The van der Waals surface area contributed by atoms with Crippen LogP contribution in [0.3, 0.4) is 0 Å². The third-order valence-electron chi connectivity index (χ3n) is 4.89. The molecule has 0 atom stereocenters. The lowest BCUT2D eigenvalue weighted by molar-refractivity contribution is 0.0950. The van der Waals surface area contributed by atoms with Gasteiger partial charge in [0.1, 0.15) is 5.82 Å². The van der Waals surface area contributed by atoms with Crippen molar-refractivity contribution in [1.82, 2.24) is 20.2 Å². The summed E-state index contributed by atoms with van der Waals surface area (Å²) >= 11 is 0. The SMILES string of the molecule is O=C(NCc1ccccn1)c1ccnc(N2CCN(Cc3ccc(F)c(F)c3)C2=O)c1. The molecule has 1 N–H and O–H groups in total. The average molecular weight is 423 g/mol. The maximum atomic E-state index is 13.4. The van der Waals surface area contributed by atoms with E-state index in [0.29, 0.717) is 30.0 Å². The van der Waals surface area contributed by atoms with Gasteiger partial charge in [-0.2, -0.15) is 0 Å². The smallest absolute Gasteiger partial charge is 0.326 e. The number of amides is 3. The van der Waals surface area contributed by atoms with Gasteiger partial charge in [0.2, 0.25) is 0 Å². The van der Waals surface area contributed by atoms with Gasteiger partial charge in [-0.3, -0.25) is 14.7 Å². The molecular formula is C22H19F2N5O2. The molecule has 3 heterocycles. The summed E-state index contributed by atoms with van der Waals surface area (Å²) in [5, 5.41) is 2.79. The Morgan fingerprint density at radius 3 is 2.65 bits per heavy atom. The average Bonchev–Trinajstić information content (AvgIpc) is 3.15. The third kappa shape index (κ3) is 4.66.